The van der Waals surface area contributed by atoms with Crippen LogP contribution in [-0.4, -0.2) is 29.3 Å². The summed E-state index contributed by atoms with van der Waals surface area (Å²) in [6.45, 7) is 8.28. The maximum absolute atomic E-state index is 12.1. The first-order valence-corrected chi connectivity index (χ1v) is 5.96. The van der Waals surface area contributed by atoms with Gasteiger partial charge in [-0.05, 0) is 11.8 Å². The van der Waals surface area contributed by atoms with Crippen molar-refractivity contribution in [3.63, 3.8) is 0 Å². The van der Waals surface area contributed by atoms with Crippen LogP contribution in [0.25, 0.3) is 0 Å². The first kappa shape index (κ1) is 13.2. The Hall–Kier alpha value is -0.900. The number of carbonyl (C=O) groups is 2. The SMILES string of the molecule is CC(C)C1CC(=O)N(C(CN)C(C)C)C1=O. The third-order valence-electron chi connectivity index (χ3n) is 3.37. The lowest BCUT2D eigenvalue weighted by Gasteiger charge is -2.28. The Balaban J connectivity index is 2.89. The summed E-state index contributed by atoms with van der Waals surface area (Å²) in [7, 11) is 0. The average molecular weight is 226 g/mol. The molecule has 1 rings (SSSR count). The average Bonchev–Trinajstić information content (AvgIpc) is 2.46. The number of nitrogens with two attached hydrogens (primary N) is 1. The normalized spacial score (nSPS) is 23.7. The van der Waals surface area contributed by atoms with Gasteiger partial charge in [0.2, 0.25) is 11.8 Å². The smallest absolute Gasteiger partial charge is 0.233 e. The molecule has 1 saturated heterocycles. The zero-order chi connectivity index (χ0) is 12.5. The molecule has 4 nitrogen and oxygen atoms in total. The lowest BCUT2D eigenvalue weighted by atomic mass is 9.94. The molecule has 92 valence electrons. The summed E-state index contributed by atoms with van der Waals surface area (Å²) in [6, 6.07) is -0.149. The molecule has 2 atom stereocenters. The molecule has 2 N–H and O–H groups in total. The minimum atomic E-state index is -0.153. The highest BCUT2D eigenvalue weighted by atomic mass is 16.2. The largest absolute Gasteiger partial charge is 0.328 e. The molecule has 0 aromatic rings. The van der Waals surface area contributed by atoms with Gasteiger partial charge in [0, 0.05) is 18.9 Å². The molecular weight excluding hydrogens is 204 g/mol. The van der Waals surface area contributed by atoms with Gasteiger partial charge < -0.3 is 5.73 Å². The van der Waals surface area contributed by atoms with E-state index < -0.39 is 0 Å². The van der Waals surface area contributed by atoms with E-state index in [0.717, 1.165) is 0 Å². The Kier molecular flexibility index (Phi) is 4.08. The molecule has 0 bridgehead atoms. The molecule has 4 heteroatoms. The molecule has 2 unspecified atom stereocenters. The maximum atomic E-state index is 12.1. The fraction of sp³-hybridized carbons (Fsp3) is 0.833. The van der Waals surface area contributed by atoms with Crippen molar-refractivity contribution in [1.82, 2.24) is 4.90 Å². The van der Waals surface area contributed by atoms with Crippen molar-refractivity contribution in [2.24, 2.45) is 23.5 Å². The molecule has 1 heterocycles. The minimum absolute atomic E-state index is 0.0378. The summed E-state index contributed by atoms with van der Waals surface area (Å²) in [5.41, 5.74) is 5.65. The fourth-order valence-corrected chi connectivity index (χ4v) is 2.22. The Morgan fingerprint density at radius 1 is 1.31 bits per heavy atom. The molecule has 0 aliphatic carbocycles. The minimum Gasteiger partial charge on any atom is -0.328 e. The standard InChI is InChI=1S/C12H22N2O2/c1-7(2)9-5-11(15)14(12(9)16)10(6-13)8(3)4/h7-10H,5-6,13H2,1-4H3. The van der Waals surface area contributed by atoms with Gasteiger partial charge in [-0.15, -0.1) is 0 Å². The van der Waals surface area contributed by atoms with Gasteiger partial charge in [0.05, 0.1) is 6.04 Å². The van der Waals surface area contributed by atoms with Crippen LogP contribution in [0, 0.1) is 17.8 Å². The topological polar surface area (TPSA) is 63.4 Å². The van der Waals surface area contributed by atoms with Crippen LogP contribution in [0.2, 0.25) is 0 Å². The van der Waals surface area contributed by atoms with Crippen LogP contribution in [0.5, 0.6) is 0 Å². The van der Waals surface area contributed by atoms with E-state index in [1.807, 2.05) is 27.7 Å². The van der Waals surface area contributed by atoms with Gasteiger partial charge in [-0.3, -0.25) is 14.5 Å². The number of imide groups is 1. The lowest BCUT2D eigenvalue weighted by Crippen LogP contribution is -2.47. The molecular formula is C12H22N2O2. The highest BCUT2D eigenvalue weighted by Gasteiger charge is 2.43. The third-order valence-corrected chi connectivity index (χ3v) is 3.37. The zero-order valence-corrected chi connectivity index (χ0v) is 10.6. The van der Waals surface area contributed by atoms with Gasteiger partial charge in [-0.2, -0.15) is 0 Å². The van der Waals surface area contributed by atoms with Crippen LogP contribution in [0.3, 0.4) is 0 Å². The molecule has 0 spiro atoms. The van der Waals surface area contributed by atoms with Crippen LogP contribution in [0.1, 0.15) is 34.1 Å². The molecule has 1 fully saturated rings. The Morgan fingerprint density at radius 3 is 2.19 bits per heavy atom. The molecule has 1 aliphatic rings. The van der Waals surface area contributed by atoms with E-state index >= 15 is 0 Å². The zero-order valence-electron chi connectivity index (χ0n) is 10.6. The summed E-state index contributed by atoms with van der Waals surface area (Å²) in [5, 5.41) is 0. The number of rotatable bonds is 4. The van der Waals surface area contributed by atoms with E-state index in [-0.39, 0.29) is 35.6 Å². The monoisotopic (exact) mass is 226 g/mol. The van der Waals surface area contributed by atoms with Crippen LogP contribution in [0.15, 0.2) is 0 Å². The van der Waals surface area contributed by atoms with Gasteiger partial charge in [0.1, 0.15) is 0 Å². The maximum Gasteiger partial charge on any atom is 0.233 e. The molecule has 2 amide bonds. The van der Waals surface area contributed by atoms with E-state index in [9.17, 15) is 9.59 Å². The van der Waals surface area contributed by atoms with Crippen molar-refractivity contribution in [2.45, 2.75) is 40.2 Å². The van der Waals surface area contributed by atoms with Crippen LogP contribution >= 0.6 is 0 Å². The summed E-state index contributed by atoms with van der Waals surface area (Å²) in [5.74, 6) is 0.174. The number of carbonyl (C=O) groups excluding carboxylic acids is 2. The van der Waals surface area contributed by atoms with Crippen LogP contribution in [-0.2, 0) is 9.59 Å². The second kappa shape index (κ2) is 4.95. The van der Waals surface area contributed by atoms with Gasteiger partial charge in [0.25, 0.3) is 0 Å². The van der Waals surface area contributed by atoms with Gasteiger partial charge >= 0.3 is 0 Å². The summed E-state index contributed by atoms with van der Waals surface area (Å²) in [4.78, 5) is 25.4. The second-order valence-corrected chi connectivity index (χ2v) is 5.20. The predicted molar refractivity (Wildman–Crippen MR) is 62.5 cm³/mol. The third kappa shape index (κ3) is 2.26. The Morgan fingerprint density at radius 2 is 1.88 bits per heavy atom. The van der Waals surface area contributed by atoms with Gasteiger partial charge in [0.15, 0.2) is 0 Å². The molecule has 0 aromatic heterocycles. The first-order valence-electron chi connectivity index (χ1n) is 5.96. The van der Waals surface area contributed by atoms with Crippen LogP contribution < -0.4 is 5.73 Å². The second-order valence-electron chi connectivity index (χ2n) is 5.20. The Bertz CT molecular complexity index is 287. The number of nitrogens with zero attached hydrogens (tertiary/aromatic N) is 1. The summed E-state index contributed by atoms with van der Waals surface area (Å²) >= 11 is 0. The van der Waals surface area contributed by atoms with Gasteiger partial charge in [-0.25, -0.2) is 0 Å². The van der Waals surface area contributed by atoms with E-state index in [1.54, 1.807) is 0 Å². The van der Waals surface area contributed by atoms with Gasteiger partial charge in [-0.1, -0.05) is 27.7 Å². The summed E-state index contributed by atoms with van der Waals surface area (Å²) in [6.07, 6.45) is 0.347. The number of amides is 2. The first-order chi connectivity index (χ1) is 7.40. The van der Waals surface area contributed by atoms with Crippen molar-refractivity contribution in [2.75, 3.05) is 6.54 Å². The Labute approximate surface area is 97.2 Å². The molecule has 0 aromatic carbocycles. The molecule has 16 heavy (non-hydrogen) atoms. The van der Waals surface area contributed by atoms with Crippen molar-refractivity contribution in [3.05, 3.63) is 0 Å². The highest BCUT2D eigenvalue weighted by Crippen LogP contribution is 2.29. The van der Waals surface area contributed by atoms with Crippen molar-refractivity contribution >= 4 is 11.8 Å². The van der Waals surface area contributed by atoms with Crippen molar-refractivity contribution in [3.8, 4) is 0 Å². The quantitative estimate of drug-likeness (QED) is 0.727. The van der Waals surface area contributed by atoms with Crippen LogP contribution in [0.4, 0.5) is 0 Å². The van der Waals surface area contributed by atoms with E-state index in [1.165, 1.54) is 4.90 Å². The molecule has 0 radical (unpaired) electrons. The van der Waals surface area contributed by atoms with Crippen molar-refractivity contribution in [1.29, 1.82) is 0 Å². The van der Waals surface area contributed by atoms with Crippen molar-refractivity contribution < 1.29 is 9.59 Å². The van der Waals surface area contributed by atoms with E-state index in [2.05, 4.69) is 0 Å². The molecule has 1 aliphatic heterocycles. The summed E-state index contributed by atoms with van der Waals surface area (Å²) < 4.78 is 0. The number of hydrogen-bond acceptors (Lipinski definition) is 3. The highest BCUT2D eigenvalue weighted by molar-refractivity contribution is 6.04. The molecule has 0 saturated carbocycles. The van der Waals surface area contributed by atoms with E-state index in [0.29, 0.717) is 13.0 Å². The lowest BCUT2D eigenvalue weighted by molar-refractivity contribution is -0.143. The fourth-order valence-electron chi connectivity index (χ4n) is 2.22. The number of likely N-dealkylation sites (tertiary alicyclic amines) is 1. The predicted octanol–water partition coefficient (Wildman–Crippen LogP) is 1.00. The number of hydrogen-bond donors (Lipinski definition) is 1. The van der Waals surface area contributed by atoms with E-state index in [4.69, 9.17) is 5.73 Å².